The molecule has 1 heterocycles. The van der Waals surface area contributed by atoms with E-state index in [1.807, 2.05) is 28.7 Å². The molecule has 27 heavy (non-hydrogen) atoms. The molecule has 1 amide bonds. The Morgan fingerprint density at radius 1 is 1.15 bits per heavy atom. The first kappa shape index (κ1) is 18.9. The Bertz CT molecular complexity index is 1140. The van der Waals surface area contributed by atoms with Crippen molar-refractivity contribution in [1.29, 1.82) is 0 Å². The number of hydrogen-bond donors (Lipinski definition) is 2. The number of sulfonamides is 1. The number of nitrogens with zero attached hydrogens (tertiary/aromatic N) is 2. The van der Waals surface area contributed by atoms with Crippen LogP contribution >= 0.6 is 0 Å². The van der Waals surface area contributed by atoms with Gasteiger partial charge in [-0.15, -0.1) is 4.83 Å². The van der Waals surface area contributed by atoms with E-state index in [-0.39, 0.29) is 5.56 Å². The van der Waals surface area contributed by atoms with E-state index in [1.165, 1.54) is 12.1 Å². The van der Waals surface area contributed by atoms with Gasteiger partial charge < -0.3 is 4.57 Å². The number of carbonyl (C=O) groups is 1. The number of benzene rings is 2. The van der Waals surface area contributed by atoms with E-state index >= 15 is 0 Å². The van der Waals surface area contributed by atoms with E-state index < -0.39 is 32.5 Å². The van der Waals surface area contributed by atoms with E-state index in [9.17, 15) is 22.0 Å². The van der Waals surface area contributed by atoms with Crippen LogP contribution in [0.25, 0.3) is 11.0 Å². The Balaban J connectivity index is 1.79. The van der Waals surface area contributed by atoms with Crippen molar-refractivity contribution in [1.82, 2.24) is 19.8 Å². The van der Waals surface area contributed by atoms with Crippen molar-refractivity contribution in [2.45, 2.75) is 25.3 Å². The van der Waals surface area contributed by atoms with Gasteiger partial charge in [-0.3, -0.25) is 10.2 Å². The summed E-state index contributed by atoms with van der Waals surface area (Å²) < 4.78 is 52.3. The second-order valence-electron chi connectivity index (χ2n) is 5.74. The summed E-state index contributed by atoms with van der Waals surface area (Å²) in [5.41, 5.74) is 3.69. The summed E-state index contributed by atoms with van der Waals surface area (Å²) in [7, 11) is -4.26. The van der Waals surface area contributed by atoms with Gasteiger partial charge in [-0.05, 0) is 50.2 Å². The molecular weight excluding hydrogens is 378 g/mol. The highest BCUT2D eigenvalue weighted by molar-refractivity contribution is 7.89. The van der Waals surface area contributed by atoms with Gasteiger partial charge in [0, 0.05) is 12.1 Å². The van der Waals surface area contributed by atoms with Crippen molar-refractivity contribution >= 4 is 27.0 Å². The number of carbonyl (C=O) groups excluding carboxylic acids is 1. The minimum absolute atomic E-state index is 0.191. The van der Waals surface area contributed by atoms with Crippen LogP contribution in [-0.4, -0.2) is 23.9 Å². The van der Waals surface area contributed by atoms with Crippen LogP contribution in [0.15, 0.2) is 41.3 Å². The predicted molar refractivity (Wildman–Crippen MR) is 94.3 cm³/mol. The predicted octanol–water partition coefficient (Wildman–Crippen LogP) is 2.27. The monoisotopic (exact) mass is 394 g/mol. The molecule has 142 valence electrons. The number of imidazole rings is 1. The van der Waals surface area contributed by atoms with Gasteiger partial charge in [-0.2, -0.15) is 0 Å². The summed E-state index contributed by atoms with van der Waals surface area (Å²) in [6.45, 7) is 4.54. The number of rotatable bonds is 5. The number of aromatic nitrogens is 2. The maximum absolute atomic E-state index is 13.2. The molecule has 0 aliphatic carbocycles. The Kier molecular flexibility index (Phi) is 4.94. The number of fused-ring (bicyclic) bond motifs is 1. The smallest absolute Gasteiger partial charge is 0.266 e. The van der Waals surface area contributed by atoms with Crippen LogP contribution in [0.4, 0.5) is 8.78 Å². The molecule has 0 saturated carbocycles. The van der Waals surface area contributed by atoms with Crippen molar-refractivity contribution in [3.05, 3.63) is 59.4 Å². The summed E-state index contributed by atoms with van der Waals surface area (Å²) >= 11 is 0. The van der Waals surface area contributed by atoms with Gasteiger partial charge in [0.25, 0.3) is 15.9 Å². The van der Waals surface area contributed by atoms with Crippen LogP contribution in [0.3, 0.4) is 0 Å². The molecule has 0 atom stereocenters. The molecule has 0 spiro atoms. The second kappa shape index (κ2) is 7.05. The van der Waals surface area contributed by atoms with Crippen LogP contribution in [0.5, 0.6) is 0 Å². The summed E-state index contributed by atoms with van der Waals surface area (Å²) in [5.74, 6) is -2.40. The minimum Gasteiger partial charge on any atom is -0.329 e. The molecule has 0 aliphatic rings. The maximum atomic E-state index is 13.2. The highest BCUT2D eigenvalue weighted by Gasteiger charge is 2.18. The zero-order valence-corrected chi connectivity index (χ0v) is 15.3. The van der Waals surface area contributed by atoms with Gasteiger partial charge in [-0.25, -0.2) is 22.2 Å². The van der Waals surface area contributed by atoms with Crippen molar-refractivity contribution in [2.75, 3.05) is 0 Å². The fraction of sp³-hybridized carbons (Fsp3) is 0.176. The molecule has 2 aromatic carbocycles. The molecule has 0 saturated heterocycles. The fourth-order valence-electron chi connectivity index (χ4n) is 2.68. The van der Waals surface area contributed by atoms with E-state index in [0.29, 0.717) is 17.6 Å². The lowest BCUT2D eigenvalue weighted by Gasteiger charge is -2.09. The van der Waals surface area contributed by atoms with Crippen molar-refractivity contribution < 1.29 is 22.0 Å². The second-order valence-corrected chi connectivity index (χ2v) is 7.42. The lowest BCUT2D eigenvalue weighted by molar-refractivity contribution is 0.0945. The summed E-state index contributed by atoms with van der Waals surface area (Å²) in [6.07, 6.45) is 0. The largest absolute Gasteiger partial charge is 0.329 e. The molecule has 0 bridgehead atoms. The van der Waals surface area contributed by atoms with Gasteiger partial charge in [0.05, 0.1) is 15.9 Å². The van der Waals surface area contributed by atoms with Crippen LogP contribution in [0.2, 0.25) is 0 Å². The topological polar surface area (TPSA) is 93.1 Å². The molecule has 0 fully saturated rings. The van der Waals surface area contributed by atoms with Crippen LogP contribution in [0, 0.1) is 18.6 Å². The van der Waals surface area contributed by atoms with Crippen molar-refractivity contribution in [3.63, 3.8) is 0 Å². The molecule has 3 rings (SSSR count). The molecule has 0 aliphatic heterocycles. The third-order valence-corrected chi connectivity index (χ3v) is 5.26. The number of halogens is 2. The SMILES string of the molecule is CCn1c(C)nc2cc(C(=O)NNS(=O)(=O)c3ccc(F)c(F)c3)ccc21. The number of amides is 1. The molecule has 0 unspecified atom stereocenters. The highest BCUT2D eigenvalue weighted by Crippen LogP contribution is 2.18. The molecule has 1 aromatic heterocycles. The standard InChI is InChI=1S/C17H16F2N4O3S/c1-3-23-10(2)20-15-8-11(4-7-16(15)23)17(24)21-22-27(25,26)12-5-6-13(18)14(19)9-12/h4-9,22H,3H2,1-2H3,(H,21,24). The number of nitrogens with one attached hydrogen (secondary N) is 2. The van der Waals surface area contributed by atoms with Crippen LogP contribution in [-0.2, 0) is 16.6 Å². The van der Waals surface area contributed by atoms with Gasteiger partial charge in [0.15, 0.2) is 11.6 Å². The molecular formula is C17H16F2N4O3S. The number of aryl methyl sites for hydroxylation is 2. The number of hydrazine groups is 1. The molecule has 2 N–H and O–H groups in total. The Hall–Kier alpha value is -2.85. The maximum Gasteiger partial charge on any atom is 0.266 e. The van der Waals surface area contributed by atoms with Crippen LogP contribution in [0.1, 0.15) is 23.1 Å². The molecule has 7 nitrogen and oxygen atoms in total. The molecule has 10 heteroatoms. The van der Waals surface area contributed by atoms with Gasteiger partial charge >= 0.3 is 0 Å². The van der Waals surface area contributed by atoms with Crippen molar-refractivity contribution in [2.24, 2.45) is 0 Å². The summed E-state index contributed by atoms with van der Waals surface area (Å²) in [6, 6.07) is 6.89. The summed E-state index contributed by atoms with van der Waals surface area (Å²) in [4.78, 5) is 17.9. The van der Waals surface area contributed by atoms with E-state index in [4.69, 9.17) is 0 Å². The quantitative estimate of drug-likeness (QED) is 0.650. The average Bonchev–Trinajstić information content (AvgIpc) is 2.95. The normalized spacial score (nSPS) is 11.7. The Labute approximate surface area is 154 Å². The first-order valence-electron chi connectivity index (χ1n) is 7.97. The zero-order chi connectivity index (χ0) is 19.8. The number of hydrogen-bond acceptors (Lipinski definition) is 4. The molecule has 3 aromatic rings. The molecule has 0 radical (unpaired) electrons. The third kappa shape index (κ3) is 3.67. The van der Waals surface area contributed by atoms with E-state index in [0.717, 1.165) is 24.0 Å². The van der Waals surface area contributed by atoms with Gasteiger partial charge in [0.2, 0.25) is 0 Å². The van der Waals surface area contributed by atoms with E-state index in [2.05, 4.69) is 4.98 Å². The first-order chi connectivity index (χ1) is 12.7. The average molecular weight is 394 g/mol. The van der Waals surface area contributed by atoms with Gasteiger partial charge in [0.1, 0.15) is 5.82 Å². The third-order valence-electron chi connectivity index (χ3n) is 4.02. The fourth-order valence-corrected chi connectivity index (χ4v) is 3.53. The lowest BCUT2D eigenvalue weighted by atomic mass is 10.2. The first-order valence-corrected chi connectivity index (χ1v) is 9.45. The highest BCUT2D eigenvalue weighted by atomic mass is 32.2. The van der Waals surface area contributed by atoms with E-state index in [1.54, 1.807) is 6.07 Å². The summed E-state index contributed by atoms with van der Waals surface area (Å²) in [5, 5.41) is 0. The zero-order valence-electron chi connectivity index (χ0n) is 14.5. The van der Waals surface area contributed by atoms with Gasteiger partial charge in [-0.1, -0.05) is 0 Å². The lowest BCUT2D eigenvalue weighted by Crippen LogP contribution is -2.41. The Morgan fingerprint density at radius 3 is 2.56 bits per heavy atom. The minimum atomic E-state index is -4.26. The van der Waals surface area contributed by atoms with Crippen molar-refractivity contribution in [3.8, 4) is 0 Å². The van der Waals surface area contributed by atoms with Crippen LogP contribution < -0.4 is 10.3 Å². The Morgan fingerprint density at radius 2 is 1.89 bits per heavy atom.